The van der Waals surface area contributed by atoms with Crippen molar-refractivity contribution in [3.05, 3.63) is 53.7 Å². The lowest BCUT2D eigenvalue weighted by Gasteiger charge is -2.29. The molecule has 0 unspecified atom stereocenters. The highest BCUT2D eigenvalue weighted by molar-refractivity contribution is 5.56. The number of benzene rings is 1. The van der Waals surface area contributed by atoms with E-state index in [4.69, 9.17) is 5.73 Å². The van der Waals surface area contributed by atoms with E-state index in [0.29, 0.717) is 17.9 Å². The van der Waals surface area contributed by atoms with E-state index in [1.165, 1.54) is 0 Å². The molecule has 20 heavy (non-hydrogen) atoms. The molecular weight excluding hydrogens is 248 g/mol. The first-order valence-electron chi connectivity index (χ1n) is 6.58. The lowest BCUT2D eigenvalue weighted by atomic mass is 10.1. The maximum absolute atomic E-state index is 9.23. The van der Waals surface area contributed by atoms with Crippen molar-refractivity contribution < 1.29 is 0 Å². The minimum atomic E-state index is 0.219. The molecule has 0 aliphatic heterocycles. The van der Waals surface area contributed by atoms with E-state index in [0.717, 1.165) is 11.3 Å². The van der Waals surface area contributed by atoms with E-state index in [1.54, 1.807) is 18.3 Å². The van der Waals surface area contributed by atoms with Crippen molar-refractivity contribution in [1.82, 2.24) is 4.98 Å². The SMILES string of the molecule is CC(C)N(Cc1ccccc1N)c1ncccc1C#N. The molecule has 1 heterocycles. The summed E-state index contributed by atoms with van der Waals surface area (Å²) in [5, 5.41) is 9.23. The molecule has 2 rings (SSSR count). The maximum atomic E-state index is 9.23. The Morgan fingerprint density at radius 1 is 1.25 bits per heavy atom. The van der Waals surface area contributed by atoms with Crippen molar-refractivity contribution in [2.45, 2.75) is 26.4 Å². The van der Waals surface area contributed by atoms with Gasteiger partial charge in [0.05, 0.1) is 5.56 Å². The molecule has 0 fully saturated rings. The van der Waals surface area contributed by atoms with Crippen LogP contribution in [0.5, 0.6) is 0 Å². The Kier molecular flexibility index (Phi) is 4.21. The number of para-hydroxylation sites is 1. The average molecular weight is 266 g/mol. The van der Waals surface area contributed by atoms with Crippen molar-refractivity contribution in [3.63, 3.8) is 0 Å². The molecule has 0 bridgehead atoms. The number of anilines is 2. The van der Waals surface area contributed by atoms with E-state index in [1.807, 2.05) is 24.3 Å². The van der Waals surface area contributed by atoms with Gasteiger partial charge in [-0.2, -0.15) is 5.26 Å². The van der Waals surface area contributed by atoms with Crippen LogP contribution in [0.2, 0.25) is 0 Å². The minimum Gasteiger partial charge on any atom is -0.398 e. The summed E-state index contributed by atoms with van der Waals surface area (Å²) in [6, 6.07) is 13.7. The van der Waals surface area contributed by atoms with E-state index >= 15 is 0 Å². The number of nitrogens with zero attached hydrogens (tertiary/aromatic N) is 3. The quantitative estimate of drug-likeness (QED) is 0.864. The molecule has 1 aromatic carbocycles. The summed E-state index contributed by atoms with van der Waals surface area (Å²) < 4.78 is 0. The van der Waals surface area contributed by atoms with Crippen molar-refractivity contribution >= 4 is 11.5 Å². The standard InChI is InChI=1S/C16H18N4/c1-12(2)20(11-14-6-3-4-8-15(14)18)16-13(10-17)7-5-9-19-16/h3-9,12H,11,18H2,1-2H3. The van der Waals surface area contributed by atoms with E-state index in [2.05, 4.69) is 29.8 Å². The molecule has 4 heteroatoms. The number of hydrogen-bond donors (Lipinski definition) is 1. The fourth-order valence-electron chi connectivity index (χ4n) is 2.08. The lowest BCUT2D eigenvalue weighted by molar-refractivity contribution is 0.672. The van der Waals surface area contributed by atoms with Crippen LogP contribution >= 0.6 is 0 Å². The predicted octanol–water partition coefficient (Wildman–Crippen LogP) is 2.95. The predicted molar refractivity (Wildman–Crippen MR) is 81.1 cm³/mol. The van der Waals surface area contributed by atoms with E-state index < -0.39 is 0 Å². The van der Waals surface area contributed by atoms with Gasteiger partial charge < -0.3 is 10.6 Å². The van der Waals surface area contributed by atoms with Gasteiger partial charge >= 0.3 is 0 Å². The zero-order valence-electron chi connectivity index (χ0n) is 11.7. The molecule has 0 atom stereocenters. The fourth-order valence-corrected chi connectivity index (χ4v) is 2.08. The topological polar surface area (TPSA) is 65.9 Å². The number of nitrogen functional groups attached to an aromatic ring is 1. The molecule has 0 saturated heterocycles. The van der Waals surface area contributed by atoms with E-state index in [9.17, 15) is 5.26 Å². The highest BCUT2D eigenvalue weighted by Gasteiger charge is 2.17. The summed E-state index contributed by atoms with van der Waals surface area (Å²) >= 11 is 0. The van der Waals surface area contributed by atoms with Crippen molar-refractivity contribution in [1.29, 1.82) is 5.26 Å². The summed E-state index contributed by atoms with van der Waals surface area (Å²) in [4.78, 5) is 6.45. The number of hydrogen-bond acceptors (Lipinski definition) is 4. The molecule has 0 radical (unpaired) electrons. The molecule has 4 nitrogen and oxygen atoms in total. The largest absolute Gasteiger partial charge is 0.398 e. The lowest BCUT2D eigenvalue weighted by Crippen LogP contribution is -2.31. The molecule has 0 aliphatic rings. The van der Waals surface area contributed by atoms with Gasteiger partial charge in [-0.15, -0.1) is 0 Å². The maximum Gasteiger partial charge on any atom is 0.147 e. The van der Waals surface area contributed by atoms with Gasteiger partial charge in [0.1, 0.15) is 11.9 Å². The van der Waals surface area contributed by atoms with Crippen LogP contribution in [0.25, 0.3) is 0 Å². The first-order valence-corrected chi connectivity index (χ1v) is 6.58. The Morgan fingerprint density at radius 3 is 2.65 bits per heavy atom. The molecule has 2 aromatic rings. The summed E-state index contributed by atoms with van der Waals surface area (Å²) in [7, 11) is 0. The average Bonchev–Trinajstić information content (AvgIpc) is 2.46. The third-order valence-electron chi connectivity index (χ3n) is 3.20. The summed E-state index contributed by atoms with van der Waals surface area (Å²) in [6.45, 7) is 4.79. The van der Waals surface area contributed by atoms with Crippen molar-refractivity contribution in [3.8, 4) is 6.07 Å². The van der Waals surface area contributed by atoms with Gasteiger partial charge in [0.15, 0.2) is 0 Å². The second-order valence-corrected chi connectivity index (χ2v) is 4.91. The number of nitriles is 1. The first kappa shape index (κ1) is 13.9. The highest BCUT2D eigenvalue weighted by Crippen LogP contribution is 2.23. The second kappa shape index (κ2) is 6.07. The van der Waals surface area contributed by atoms with E-state index in [-0.39, 0.29) is 6.04 Å². The van der Waals surface area contributed by atoms with Crippen LogP contribution in [0.15, 0.2) is 42.6 Å². The van der Waals surface area contributed by atoms with Gasteiger partial charge in [-0.05, 0) is 37.6 Å². The van der Waals surface area contributed by atoms with Gasteiger partial charge in [0.2, 0.25) is 0 Å². The molecule has 102 valence electrons. The zero-order valence-corrected chi connectivity index (χ0v) is 11.7. The molecular formula is C16H18N4. The molecule has 1 aromatic heterocycles. The second-order valence-electron chi connectivity index (χ2n) is 4.91. The van der Waals surface area contributed by atoms with Crippen LogP contribution in [0.4, 0.5) is 11.5 Å². The number of nitrogens with two attached hydrogens (primary N) is 1. The Balaban J connectivity index is 2.38. The zero-order chi connectivity index (χ0) is 14.5. The Labute approximate surface area is 119 Å². The third kappa shape index (κ3) is 2.89. The monoisotopic (exact) mass is 266 g/mol. The van der Waals surface area contributed by atoms with Crippen molar-refractivity contribution in [2.75, 3.05) is 10.6 Å². The molecule has 0 saturated carbocycles. The number of pyridine rings is 1. The van der Waals surface area contributed by atoms with Gasteiger partial charge in [-0.1, -0.05) is 18.2 Å². The molecule has 0 amide bonds. The molecule has 2 N–H and O–H groups in total. The van der Waals surface area contributed by atoms with Crippen LogP contribution < -0.4 is 10.6 Å². The first-order chi connectivity index (χ1) is 9.63. The van der Waals surface area contributed by atoms with Crippen molar-refractivity contribution in [2.24, 2.45) is 0 Å². The highest BCUT2D eigenvalue weighted by atomic mass is 15.2. The fraction of sp³-hybridized carbons (Fsp3) is 0.250. The van der Waals surface area contributed by atoms with Gasteiger partial charge in [-0.3, -0.25) is 0 Å². The number of aromatic nitrogens is 1. The summed E-state index contributed by atoms with van der Waals surface area (Å²) in [5.74, 6) is 0.702. The van der Waals surface area contributed by atoms with Gasteiger partial charge in [0.25, 0.3) is 0 Å². The molecule has 0 spiro atoms. The van der Waals surface area contributed by atoms with Crippen LogP contribution in [0.3, 0.4) is 0 Å². The third-order valence-corrected chi connectivity index (χ3v) is 3.20. The Hall–Kier alpha value is -2.54. The smallest absolute Gasteiger partial charge is 0.147 e. The van der Waals surface area contributed by atoms with Gasteiger partial charge in [-0.25, -0.2) is 4.98 Å². The summed E-state index contributed by atoms with van der Waals surface area (Å²) in [6.07, 6.45) is 1.71. The van der Waals surface area contributed by atoms with Crippen LogP contribution in [-0.2, 0) is 6.54 Å². The van der Waals surface area contributed by atoms with Crippen LogP contribution in [-0.4, -0.2) is 11.0 Å². The Morgan fingerprint density at radius 2 is 2.00 bits per heavy atom. The number of rotatable bonds is 4. The Bertz CT molecular complexity index is 628. The van der Waals surface area contributed by atoms with Gasteiger partial charge in [0, 0.05) is 24.5 Å². The minimum absolute atomic E-state index is 0.219. The summed E-state index contributed by atoms with van der Waals surface area (Å²) in [5.41, 5.74) is 8.38. The van der Waals surface area contributed by atoms with Crippen LogP contribution in [0, 0.1) is 11.3 Å². The normalized spacial score (nSPS) is 10.3. The van der Waals surface area contributed by atoms with Crippen LogP contribution in [0.1, 0.15) is 25.0 Å². The molecule has 0 aliphatic carbocycles.